The summed E-state index contributed by atoms with van der Waals surface area (Å²) in [5, 5.41) is 0. The number of carbonyl (C=O) groups excluding carboxylic acids is 1. The number of anilines is 1. The highest BCUT2D eigenvalue weighted by atomic mass is 16.2. The van der Waals surface area contributed by atoms with E-state index in [1.54, 1.807) is 12.4 Å². The summed E-state index contributed by atoms with van der Waals surface area (Å²) in [7, 11) is 0. The van der Waals surface area contributed by atoms with Gasteiger partial charge >= 0.3 is 0 Å². The molecule has 2 aliphatic rings. The molecule has 0 bridgehead atoms. The first-order valence-corrected chi connectivity index (χ1v) is 7.37. The van der Waals surface area contributed by atoms with E-state index in [1.807, 2.05) is 17.0 Å². The van der Waals surface area contributed by atoms with Crippen LogP contribution in [0.3, 0.4) is 0 Å². The molecule has 1 saturated heterocycles. The number of carbonyl (C=O) groups is 1. The van der Waals surface area contributed by atoms with Gasteiger partial charge in [-0.15, -0.1) is 0 Å². The summed E-state index contributed by atoms with van der Waals surface area (Å²) in [6.07, 6.45) is 4.38. The molecule has 0 saturated carbocycles. The number of benzene rings is 1. The van der Waals surface area contributed by atoms with E-state index in [1.165, 1.54) is 11.3 Å². The molecule has 1 amide bonds. The van der Waals surface area contributed by atoms with Crippen molar-refractivity contribution in [2.24, 2.45) is 0 Å². The van der Waals surface area contributed by atoms with Crippen molar-refractivity contribution < 1.29 is 4.79 Å². The summed E-state index contributed by atoms with van der Waals surface area (Å²) in [4.78, 5) is 21.0. The van der Waals surface area contributed by atoms with Gasteiger partial charge in [-0.25, -0.2) is 0 Å². The summed E-state index contributed by atoms with van der Waals surface area (Å²) < 4.78 is 0. The minimum atomic E-state index is 0.0960. The monoisotopic (exact) mass is 279 g/mol. The number of pyridine rings is 1. The Morgan fingerprint density at radius 1 is 1.14 bits per heavy atom. The van der Waals surface area contributed by atoms with Crippen LogP contribution in [0.25, 0.3) is 0 Å². The zero-order valence-electron chi connectivity index (χ0n) is 11.8. The van der Waals surface area contributed by atoms with Crippen molar-refractivity contribution in [3.8, 4) is 0 Å². The molecular weight excluding hydrogens is 262 g/mol. The average molecular weight is 279 g/mol. The fourth-order valence-corrected chi connectivity index (χ4v) is 3.42. The van der Waals surface area contributed by atoms with Gasteiger partial charge < -0.3 is 9.80 Å². The van der Waals surface area contributed by atoms with E-state index in [9.17, 15) is 4.79 Å². The van der Waals surface area contributed by atoms with Gasteiger partial charge in [-0.2, -0.15) is 0 Å². The maximum Gasteiger partial charge on any atom is 0.255 e. The van der Waals surface area contributed by atoms with Gasteiger partial charge in [0.05, 0.1) is 11.6 Å². The van der Waals surface area contributed by atoms with Crippen LogP contribution in [0.2, 0.25) is 0 Å². The maximum absolute atomic E-state index is 12.5. The van der Waals surface area contributed by atoms with Crippen molar-refractivity contribution in [2.75, 3.05) is 24.5 Å². The molecule has 1 aromatic carbocycles. The van der Waals surface area contributed by atoms with E-state index in [4.69, 9.17) is 0 Å². The molecular formula is C17H17N3O. The van der Waals surface area contributed by atoms with Crippen LogP contribution in [0.5, 0.6) is 0 Å². The van der Waals surface area contributed by atoms with Crippen molar-refractivity contribution in [3.63, 3.8) is 0 Å². The number of amides is 1. The van der Waals surface area contributed by atoms with E-state index < -0.39 is 0 Å². The van der Waals surface area contributed by atoms with Gasteiger partial charge in [-0.1, -0.05) is 18.2 Å². The largest absolute Gasteiger partial charge is 0.364 e. The number of para-hydroxylation sites is 1. The lowest BCUT2D eigenvalue weighted by Gasteiger charge is -2.39. The molecule has 1 unspecified atom stereocenters. The zero-order chi connectivity index (χ0) is 14.2. The van der Waals surface area contributed by atoms with Gasteiger partial charge in [0, 0.05) is 37.7 Å². The lowest BCUT2D eigenvalue weighted by atomic mass is 10.1. The van der Waals surface area contributed by atoms with Crippen LogP contribution in [0.4, 0.5) is 5.69 Å². The average Bonchev–Trinajstić information content (AvgIpc) is 2.92. The molecule has 1 fully saturated rings. The first kappa shape index (κ1) is 12.4. The molecule has 0 aliphatic carbocycles. The van der Waals surface area contributed by atoms with E-state index in [0.717, 1.165) is 26.1 Å². The van der Waals surface area contributed by atoms with Crippen LogP contribution in [-0.2, 0) is 6.42 Å². The predicted molar refractivity (Wildman–Crippen MR) is 81.4 cm³/mol. The number of aromatic nitrogens is 1. The second kappa shape index (κ2) is 4.88. The smallest absolute Gasteiger partial charge is 0.255 e. The van der Waals surface area contributed by atoms with Crippen molar-refractivity contribution in [1.82, 2.24) is 9.88 Å². The van der Waals surface area contributed by atoms with Crippen LogP contribution >= 0.6 is 0 Å². The van der Waals surface area contributed by atoms with Crippen LogP contribution in [0.1, 0.15) is 15.9 Å². The number of hydrogen-bond acceptors (Lipinski definition) is 3. The third kappa shape index (κ3) is 2.07. The maximum atomic E-state index is 12.5. The van der Waals surface area contributed by atoms with Crippen LogP contribution in [0, 0.1) is 0 Å². The second-order valence-electron chi connectivity index (χ2n) is 5.67. The van der Waals surface area contributed by atoms with Gasteiger partial charge in [0.1, 0.15) is 0 Å². The van der Waals surface area contributed by atoms with Gasteiger partial charge in [-0.05, 0) is 30.2 Å². The number of hydrogen-bond donors (Lipinski definition) is 0. The van der Waals surface area contributed by atoms with E-state index >= 15 is 0 Å². The summed E-state index contributed by atoms with van der Waals surface area (Å²) in [5.41, 5.74) is 3.43. The van der Waals surface area contributed by atoms with E-state index in [0.29, 0.717) is 11.6 Å². The molecule has 0 radical (unpaired) electrons. The summed E-state index contributed by atoms with van der Waals surface area (Å²) in [6, 6.07) is 12.6. The fraction of sp³-hybridized carbons (Fsp3) is 0.294. The highest BCUT2D eigenvalue weighted by Gasteiger charge is 2.35. The van der Waals surface area contributed by atoms with Gasteiger partial charge in [-0.3, -0.25) is 9.78 Å². The van der Waals surface area contributed by atoms with Crippen molar-refractivity contribution >= 4 is 11.6 Å². The lowest BCUT2D eigenvalue weighted by molar-refractivity contribution is 0.0725. The Morgan fingerprint density at radius 2 is 2.05 bits per heavy atom. The third-order valence-corrected chi connectivity index (χ3v) is 4.44. The van der Waals surface area contributed by atoms with Crippen LogP contribution < -0.4 is 4.90 Å². The third-order valence-electron chi connectivity index (χ3n) is 4.44. The molecule has 1 aromatic heterocycles. The first-order chi connectivity index (χ1) is 10.3. The Balaban J connectivity index is 1.53. The molecule has 0 N–H and O–H groups in total. The van der Waals surface area contributed by atoms with Crippen molar-refractivity contribution in [3.05, 3.63) is 59.9 Å². The highest BCUT2D eigenvalue weighted by molar-refractivity contribution is 5.94. The highest BCUT2D eigenvalue weighted by Crippen LogP contribution is 2.33. The molecule has 1 atom stereocenters. The van der Waals surface area contributed by atoms with E-state index in [-0.39, 0.29) is 5.91 Å². The molecule has 4 heteroatoms. The molecule has 2 aromatic rings. The summed E-state index contributed by atoms with van der Waals surface area (Å²) in [5.74, 6) is 0.0960. The number of piperazine rings is 1. The van der Waals surface area contributed by atoms with Gasteiger partial charge in [0.2, 0.25) is 0 Å². The normalized spacial score (nSPS) is 20.1. The molecule has 0 spiro atoms. The molecule has 106 valence electrons. The fourth-order valence-electron chi connectivity index (χ4n) is 3.42. The number of nitrogens with zero attached hydrogens (tertiary/aromatic N) is 3. The molecule has 4 rings (SSSR count). The van der Waals surface area contributed by atoms with E-state index in [2.05, 4.69) is 34.1 Å². The summed E-state index contributed by atoms with van der Waals surface area (Å²) >= 11 is 0. The SMILES string of the molecule is O=C(c1cccnc1)N1CCN2c3ccccc3CC2C1. The topological polar surface area (TPSA) is 36.4 Å². The Bertz CT molecular complexity index is 671. The first-order valence-electron chi connectivity index (χ1n) is 7.37. The molecule has 21 heavy (non-hydrogen) atoms. The van der Waals surface area contributed by atoms with Crippen molar-refractivity contribution in [2.45, 2.75) is 12.5 Å². The number of fused-ring (bicyclic) bond motifs is 3. The molecule has 3 heterocycles. The second-order valence-corrected chi connectivity index (χ2v) is 5.67. The van der Waals surface area contributed by atoms with Gasteiger partial charge in [0.15, 0.2) is 0 Å². The Morgan fingerprint density at radius 3 is 2.90 bits per heavy atom. The lowest BCUT2D eigenvalue weighted by Crippen LogP contribution is -2.53. The zero-order valence-corrected chi connectivity index (χ0v) is 11.8. The van der Waals surface area contributed by atoms with Crippen LogP contribution in [-0.4, -0.2) is 41.5 Å². The number of rotatable bonds is 1. The predicted octanol–water partition coefficient (Wildman–Crippen LogP) is 1.97. The Kier molecular flexibility index (Phi) is 2.88. The quantitative estimate of drug-likeness (QED) is 0.801. The Labute approximate surface area is 124 Å². The minimum absolute atomic E-state index is 0.0960. The molecule has 2 aliphatic heterocycles. The van der Waals surface area contributed by atoms with Crippen LogP contribution in [0.15, 0.2) is 48.8 Å². The Hall–Kier alpha value is -2.36. The standard InChI is InChI=1S/C17H17N3O/c21-17(14-5-3-7-18-11-14)19-8-9-20-15(12-19)10-13-4-1-2-6-16(13)20/h1-7,11,15H,8-10,12H2. The molecule has 4 nitrogen and oxygen atoms in total. The summed E-state index contributed by atoms with van der Waals surface area (Å²) in [6.45, 7) is 2.48. The minimum Gasteiger partial charge on any atom is -0.364 e. The van der Waals surface area contributed by atoms with Crippen molar-refractivity contribution in [1.29, 1.82) is 0 Å². The van der Waals surface area contributed by atoms with Gasteiger partial charge in [0.25, 0.3) is 5.91 Å².